The normalized spacial score (nSPS) is 21.3. The summed E-state index contributed by atoms with van der Waals surface area (Å²) in [5, 5.41) is 15.5. The number of urea groups is 1. The van der Waals surface area contributed by atoms with E-state index < -0.39 is 0 Å². The van der Waals surface area contributed by atoms with Gasteiger partial charge in [0, 0.05) is 31.7 Å². The summed E-state index contributed by atoms with van der Waals surface area (Å²) >= 11 is 0. The molecule has 3 N–H and O–H groups in total. The fourth-order valence-corrected chi connectivity index (χ4v) is 3.32. The van der Waals surface area contributed by atoms with Crippen molar-refractivity contribution < 1.29 is 9.90 Å². The lowest BCUT2D eigenvalue weighted by Gasteiger charge is -2.24. The highest BCUT2D eigenvalue weighted by molar-refractivity contribution is 5.74. The Hall–Kier alpha value is -1.59. The van der Waals surface area contributed by atoms with Crippen molar-refractivity contribution in [2.24, 2.45) is 5.92 Å². The van der Waals surface area contributed by atoms with E-state index in [1.807, 2.05) is 14.1 Å². The van der Waals surface area contributed by atoms with E-state index in [0.717, 1.165) is 37.8 Å². The number of aliphatic hydroxyl groups is 1. The van der Waals surface area contributed by atoms with Gasteiger partial charge in [-0.1, -0.05) is 43.5 Å². The van der Waals surface area contributed by atoms with Crippen LogP contribution < -0.4 is 10.6 Å². The van der Waals surface area contributed by atoms with Crippen LogP contribution in [0, 0.1) is 5.92 Å². The van der Waals surface area contributed by atoms with Crippen LogP contribution in [0.4, 0.5) is 4.79 Å². The van der Waals surface area contributed by atoms with Gasteiger partial charge in [-0.25, -0.2) is 4.79 Å². The zero-order valence-electron chi connectivity index (χ0n) is 14.9. The number of aliphatic hydroxyl groups excluding tert-OH is 1. The molecule has 0 bridgehead atoms. The highest BCUT2D eigenvalue weighted by Gasteiger charge is 2.24. The molecule has 1 aliphatic rings. The Morgan fingerprint density at radius 2 is 1.79 bits per heavy atom. The van der Waals surface area contributed by atoms with Crippen LogP contribution in [0.1, 0.15) is 43.2 Å². The quantitative estimate of drug-likeness (QED) is 0.701. The van der Waals surface area contributed by atoms with Gasteiger partial charge < -0.3 is 20.6 Å². The van der Waals surface area contributed by atoms with Crippen molar-refractivity contribution in [1.29, 1.82) is 0 Å². The topological polar surface area (TPSA) is 64.6 Å². The molecule has 0 radical (unpaired) electrons. The van der Waals surface area contributed by atoms with Gasteiger partial charge in [0.25, 0.3) is 0 Å². The minimum Gasteiger partial charge on any atom is -0.396 e. The summed E-state index contributed by atoms with van der Waals surface area (Å²) in [6.07, 6.45) is 5.40. The van der Waals surface area contributed by atoms with Crippen molar-refractivity contribution in [3.05, 3.63) is 35.4 Å². The highest BCUT2D eigenvalue weighted by Crippen LogP contribution is 2.23. The molecule has 24 heavy (non-hydrogen) atoms. The predicted molar refractivity (Wildman–Crippen MR) is 96.7 cm³/mol. The standard InChI is InChI=1S/C19H31N3O2/c1-22(2)13-16-10-8-15(9-11-16)12-20-19(24)21-18-7-5-3-4-6-17(18)14-23/h8-11,17-18,23H,3-7,12-14H2,1-2H3,(H2,20,21,24). The molecule has 1 aromatic rings. The second-order valence-electron chi connectivity index (χ2n) is 7.07. The average Bonchev–Trinajstić information content (AvgIpc) is 2.78. The number of hydrogen-bond donors (Lipinski definition) is 3. The first kappa shape index (κ1) is 18.7. The molecule has 2 atom stereocenters. The summed E-state index contributed by atoms with van der Waals surface area (Å²) in [7, 11) is 4.10. The monoisotopic (exact) mass is 333 g/mol. The number of rotatable bonds is 6. The molecule has 0 heterocycles. The molecule has 2 amide bonds. The molecule has 2 unspecified atom stereocenters. The molecule has 0 saturated heterocycles. The minimum atomic E-state index is -0.141. The van der Waals surface area contributed by atoms with Crippen LogP contribution in [0.2, 0.25) is 0 Å². The molecule has 1 fully saturated rings. The van der Waals surface area contributed by atoms with Crippen LogP contribution in [-0.4, -0.2) is 42.8 Å². The molecule has 2 rings (SSSR count). The number of nitrogens with zero attached hydrogens (tertiary/aromatic N) is 1. The first-order chi connectivity index (χ1) is 11.6. The maximum Gasteiger partial charge on any atom is 0.315 e. The fourth-order valence-electron chi connectivity index (χ4n) is 3.32. The van der Waals surface area contributed by atoms with Crippen molar-refractivity contribution in [2.75, 3.05) is 20.7 Å². The molecule has 5 heteroatoms. The zero-order chi connectivity index (χ0) is 17.4. The molecular weight excluding hydrogens is 302 g/mol. The Labute approximate surface area is 145 Å². The van der Waals surface area contributed by atoms with Gasteiger partial charge in [0.2, 0.25) is 0 Å². The molecular formula is C19H31N3O2. The molecule has 0 spiro atoms. The van der Waals surface area contributed by atoms with E-state index in [0.29, 0.717) is 6.54 Å². The third-order valence-electron chi connectivity index (χ3n) is 4.68. The van der Waals surface area contributed by atoms with E-state index in [2.05, 4.69) is 39.8 Å². The average molecular weight is 333 g/mol. The van der Waals surface area contributed by atoms with Gasteiger partial charge in [-0.2, -0.15) is 0 Å². The van der Waals surface area contributed by atoms with Crippen LogP contribution >= 0.6 is 0 Å². The molecule has 1 saturated carbocycles. The molecule has 0 aliphatic heterocycles. The second-order valence-corrected chi connectivity index (χ2v) is 7.07. The van der Waals surface area contributed by atoms with Crippen LogP contribution in [0.5, 0.6) is 0 Å². The number of carbonyl (C=O) groups excluding carboxylic acids is 1. The van der Waals surface area contributed by atoms with E-state index in [4.69, 9.17) is 0 Å². The summed E-state index contributed by atoms with van der Waals surface area (Å²) in [6, 6.07) is 8.25. The molecule has 134 valence electrons. The van der Waals surface area contributed by atoms with Crippen molar-refractivity contribution in [1.82, 2.24) is 15.5 Å². The first-order valence-corrected chi connectivity index (χ1v) is 8.96. The summed E-state index contributed by atoms with van der Waals surface area (Å²) < 4.78 is 0. The Morgan fingerprint density at radius 1 is 1.12 bits per heavy atom. The van der Waals surface area contributed by atoms with Gasteiger partial charge in [-0.05, 0) is 38.1 Å². The minimum absolute atomic E-state index is 0.0833. The van der Waals surface area contributed by atoms with Gasteiger partial charge in [0.15, 0.2) is 0 Å². The third kappa shape index (κ3) is 6.13. The second kappa shape index (κ2) is 9.64. The molecule has 1 aliphatic carbocycles. The van der Waals surface area contributed by atoms with Gasteiger partial charge in [0.05, 0.1) is 0 Å². The van der Waals surface area contributed by atoms with Gasteiger partial charge in [-0.3, -0.25) is 0 Å². The third-order valence-corrected chi connectivity index (χ3v) is 4.68. The van der Waals surface area contributed by atoms with Gasteiger partial charge in [-0.15, -0.1) is 0 Å². The van der Waals surface area contributed by atoms with Crippen LogP contribution in [-0.2, 0) is 13.1 Å². The van der Waals surface area contributed by atoms with Crippen molar-refractivity contribution in [3.8, 4) is 0 Å². The first-order valence-electron chi connectivity index (χ1n) is 8.96. The SMILES string of the molecule is CN(C)Cc1ccc(CNC(=O)NC2CCCCCC2CO)cc1. The van der Waals surface area contributed by atoms with Crippen molar-refractivity contribution in [2.45, 2.75) is 51.2 Å². The van der Waals surface area contributed by atoms with Crippen LogP contribution in [0.15, 0.2) is 24.3 Å². The number of amides is 2. The van der Waals surface area contributed by atoms with Crippen molar-refractivity contribution >= 4 is 6.03 Å². The maximum absolute atomic E-state index is 12.2. The number of benzene rings is 1. The number of hydrogen-bond acceptors (Lipinski definition) is 3. The number of nitrogens with one attached hydrogen (secondary N) is 2. The molecule has 5 nitrogen and oxygen atoms in total. The largest absolute Gasteiger partial charge is 0.396 e. The van der Waals surface area contributed by atoms with E-state index in [1.165, 1.54) is 12.0 Å². The van der Waals surface area contributed by atoms with Crippen molar-refractivity contribution in [3.63, 3.8) is 0 Å². The van der Waals surface area contributed by atoms with Crippen LogP contribution in [0.3, 0.4) is 0 Å². The zero-order valence-corrected chi connectivity index (χ0v) is 14.9. The molecule has 1 aromatic carbocycles. The summed E-state index contributed by atoms with van der Waals surface area (Å²) in [5.41, 5.74) is 2.35. The van der Waals surface area contributed by atoms with Crippen LogP contribution in [0.25, 0.3) is 0 Å². The Morgan fingerprint density at radius 3 is 2.46 bits per heavy atom. The summed E-state index contributed by atoms with van der Waals surface area (Å²) in [6.45, 7) is 1.58. The lowest BCUT2D eigenvalue weighted by Crippen LogP contribution is -2.45. The molecule has 0 aromatic heterocycles. The summed E-state index contributed by atoms with van der Waals surface area (Å²) in [5.74, 6) is 0.184. The Kier molecular flexibility index (Phi) is 7.53. The number of carbonyl (C=O) groups is 1. The lowest BCUT2D eigenvalue weighted by atomic mass is 9.96. The summed E-state index contributed by atoms with van der Waals surface area (Å²) in [4.78, 5) is 14.3. The maximum atomic E-state index is 12.2. The Bertz CT molecular complexity index is 502. The lowest BCUT2D eigenvalue weighted by molar-refractivity contribution is 0.179. The van der Waals surface area contributed by atoms with E-state index in [9.17, 15) is 9.90 Å². The van der Waals surface area contributed by atoms with Gasteiger partial charge >= 0.3 is 6.03 Å². The van der Waals surface area contributed by atoms with E-state index >= 15 is 0 Å². The predicted octanol–water partition coefficient (Wildman–Crippen LogP) is 2.49. The van der Waals surface area contributed by atoms with E-state index in [-0.39, 0.29) is 24.6 Å². The Balaban J connectivity index is 1.79. The fraction of sp³-hybridized carbons (Fsp3) is 0.632. The van der Waals surface area contributed by atoms with Gasteiger partial charge in [0.1, 0.15) is 0 Å². The smallest absolute Gasteiger partial charge is 0.315 e. The van der Waals surface area contributed by atoms with E-state index in [1.54, 1.807) is 0 Å². The highest BCUT2D eigenvalue weighted by atomic mass is 16.3.